The van der Waals surface area contributed by atoms with Crippen molar-refractivity contribution in [2.24, 2.45) is 0 Å². The second kappa shape index (κ2) is 38.3. The summed E-state index contributed by atoms with van der Waals surface area (Å²) in [6, 6.07) is 0. The number of hydrogen-bond acceptors (Lipinski definition) is 5. The van der Waals surface area contributed by atoms with Crippen LogP contribution in [0.25, 0.3) is 0 Å². The van der Waals surface area contributed by atoms with E-state index in [2.05, 4.69) is 20.8 Å². The number of carbonyl (C=O) groups is 2. The number of esters is 2. The first-order chi connectivity index (χ1) is 22.6. The predicted molar refractivity (Wildman–Crippen MR) is 196 cm³/mol. The Morgan fingerprint density at radius 1 is 0.391 bits per heavy atom. The molecule has 0 N–H and O–H groups in total. The molecule has 0 spiro atoms. The number of ether oxygens (including phenoxy) is 3. The SMILES string of the molecule is CCCCCCCCCCCCCCCC(=O)OCC(COCCCCCCCCCC)OC(=O)CCCCCCCCCCC. The fraction of sp³-hybridized carbons (Fsp3) is 0.951. The van der Waals surface area contributed by atoms with Crippen LogP contribution in [0.3, 0.4) is 0 Å². The Morgan fingerprint density at radius 3 is 1.11 bits per heavy atom. The molecule has 1 atom stereocenters. The minimum Gasteiger partial charge on any atom is -0.462 e. The quantitative estimate of drug-likeness (QED) is 0.0490. The second-order valence-electron chi connectivity index (χ2n) is 13.9. The van der Waals surface area contributed by atoms with Crippen molar-refractivity contribution in [2.75, 3.05) is 19.8 Å². The highest BCUT2D eigenvalue weighted by atomic mass is 16.6. The summed E-state index contributed by atoms with van der Waals surface area (Å²) in [4.78, 5) is 25.0. The summed E-state index contributed by atoms with van der Waals surface area (Å²) < 4.78 is 17.2. The highest BCUT2D eigenvalue weighted by Gasteiger charge is 2.17. The molecule has 0 saturated heterocycles. The highest BCUT2D eigenvalue weighted by Crippen LogP contribution is 2.15. The lowest BCUT2D eigenvalue weighted by Gasteiger charge is -2.18. The molecule has 0 aliphatic heterocycles. The molecule has 0 bridgehead atoms. The van der Waals surface area contributed by atoms with E-state index in [9.17, 15) is 9.59 Å². The molecule has 5 heteroatoms. The lowest BCUT2D eigenvalue weighted by molar-refractivity contribution is -0.163. The Labute approximate surface area is 287 Å². The average molecular weight is 653 g/mol. The monoisotopic (exact) mass is 653 g/mol. The van der Waals surface area contributed by atoms with Crippen molar-refractivity contribution >= 4 is 11.9 Å². The van der Waals surface area contributed by atoms with Crippen LogP contribution in [0, 0.1) is 0 Å². The molecule has 0 aromatic heterocycles. The molecule has 1 unspecified atom stereocenters. The van der Waals surface area contributed by atoms with Crippen molar-refractivity contribution in [1.29, 1.82) is 0 Å². The number of rotatable bonds is 38. The van der Waals surface area contributed by atoms with Crippen LogP contribution in [0.15, 0.2) is 0 Å². The molecular weight excluding hydrogens is 572 g/mol. The highest BCUT2D eigenvalue weighted by molar-refractivity contribution is 5.70. The lowest BCUT2D eigenvalue weighted by atomic mass is 10.0. The van der Waals surface area contributed by atoms with Gasteiger partial charge >= 0.3 is 11.9 Å². The molecule has 0 aliphatic rings. The molecule has 46 heavy (non-hydrogen) atoms. The third-order valence-corrected chi connectivity index (χ3v) is 9.14. The maximum atomic E-state index is 12.6. The molecule has 5 nitrogen and oxygen atoms in total. The van der Waals surface area contributed by atoms with Crippen LogP contribution >= 0.6 is 0 Å². The zero-order valence-corrected chi connectivity index (χ0v) is 31.4. The molecule has 0 aliphatic carbocycles. The summed E-state index contributed by atoms with van der Waals surface area (Å²) in [5, 5.41) is 0. The average Bonchev–Trinajstić information content (AvgIpc) is 3.05. The van der Waals surface area contributed by atoms with Gasteiger partial charge in [-0.15, -0.1) is 0 Å². The standard InChI is InChI=1S/C41H80O5/c1-4-7-10-13-16-19-20-21-22-24-25-28-31-34-40(42)45-38-39(37-44-36-33-30-27-18-15-12-9-6-3)46-41(43)35-32-29-26-23-17-14-11-8-5-2/h39H,4-38H2,1-3H3. The minimum atomic E-state index is -0.518. The Balaban J connectivity index is 4.14. The number of unbranched alkanes of at least 4 members (excludes halogenated alkanes) is 27. The fourth-order valence-corrected chi connectivity index (χ4v) is 6.04. The van der Waals surface area contributed by atoms with E-state index < -0.39 is 6.10 Å². The van der Waals surface area contributed by atoms with Crippen LogP contribution in [0.4, 0.5) is 0 Å². The summed E-state index contributed by atoms with van der Waals surface area (Å²) >= 11 is 0. The van der Waals surface area contributed by atoms with Gasteiger partial charge in [-0.2, -0.15) is 0 Å². The van der Waals surface area contributed by atoms with Crippen LogP contribution < -0.4 is 0 Å². The number of carbonyl (C=O) groups excluding carboxylic acids is 2. The summed E-state index contributed by atoms with van der Waals surface area (Å²) in [5.41, 5.74) is 0. The van der Waals surface area contributed by atoms with Gasteiger partial charge < -0.3 is 14.2 Å². The van der Waals surface area contributed by atoms with E-state index in [0.29, 0.717) is 26.1 Å². The third-order valence-electron chi connectivity index (χ3n) is 9.14. The van der Waals surface area contributed by atoms with Gasteiger partial charge in [0.15, 0.2) is 6.10 Å². The molecule has 0 amide bonds. The predicted octanol–water partition coefficient (Wildman–Crippen LogP) is 13.0. The summed E-state index contributed by atoms with van der Waals surface area (Å²) in [7, 11) is 0. The van der Waals surface area contributed by atoms with Crippen molar-refractivity contribution in [3.63, 3.8) is 0 Å². The van der Waals surface area contributed by atoms with Crippen LogP contribution in [0.1, 0.15) is 226 Å². The van der Waals surface area contributed by atoms with Crippen molar-refractivity contribution in [3.8, 4) is 0 Å². The Kier molecular flexibility index (Phi) is 37.4. The molecule has 0 radical (unpaired) electrons. The first-order valence-corrected chi connectivity index (χ1v) is 20.6. The van der Waals surface area contributed by atoms with Gasteiger partial charge in [0.1, 0.15) is 6.61 Å². The normalized spacial score (nSPS) is 12.0. The maximum Gasteiger partial charge on any atom is 0.306 e. The van der Waals surface area contributed by atoms with E-state index in [1.807, 2.05) is 0 Å². The maximum absolute atomic E-state index is 12.6. The largest absolute Gasteiger partial charge is 0.462 e. The van der Waals surface area contributed by atoms with Gasteiger partial charge in [0, 0.05) is 19.4 Å². The van der Waals surface area contributed by atoms with Gasteiger partial charge in [0.25, 0.3) is 0 Å². The molecule has 0 aromatic rings. The van der Waals surface area contributed by atoms with Gasteiger partial charge in [0.05, 0.1) is 6.61 Å². The van der Waals surface area contributed by atoms with Crippen molar-refractivity contribution in [2.45, 2.75) is 232 Å². The molecule has 0 rings (SSSR count). The van der Waals surface area contributed by atoms with E-state index in [4.69, 9.17) is 14.2 Å². The van der Waals surface area contributed by atoms with Crippen LogP contribution in [0.2, 0.25) is 0 Å². The summed E-state index contributed by atoms with van der Waals surface area (Å²) in [6.07, 6.45) is 38.0. The molecule has 0 saturated carbocycles. The molecule has 0 fully saturated rings. The minimum absolute atomic E-state index is 0.0954. The summed E-state index contributed by atoms with van der Waals surface area (Å²) in [6.45, 7) is 7.82. The van der Waals surface area contributed by atoms with Crippen molar-refractivity contribution in [3.05, 3.63) is 0 Å². The fourth-order valence-electron chi connectivity index (χ4n) is 6.04. The third kappa shape index (κ3) is 35.7. The Hall–Kier alpha value is -1.10. The van der Waals surface area contributed by atoms with Crippen molar-refractivity contribution < 1.29 is 23.8 Å². The zero-order valence-electron chi connectivity index (χ0n) is 31.4. The van der Waals surface area contributed by atoms with Crippen LogP contribution in [0.5, 0.6) is 0 Å². The number of hydrogen-bond donors (Lipinski definition) is 0. The van der Waals surface area contributed by atoms with Crippen LogP contribution in [-0.4, -0.2) is 37.9 Å². The van der Waals surface area contributed by atoms with Gasteiger partial charge in [-0.3, -0.25) is 9.59 Å². The van der Waals surface area contributed by atoms with Crippen molar-refractivity contribution in [1.82, 2.24) is 0 Å². The molecule has 274 valence electrons. The Morgan fingerprint density at radius 2 is 0.717 bits per heavy atom. The molecule has 0 heterocycles. The molecule has 0 aromatic carbocycles. The van der Waals surface area contributed by atoms with Gasteiger partial charge in [-0.1, -0.05) is 194 Å². The summed E-state index contributed by atoms with van der Waals surface area (Å²) in [5.74, 6) is -0.387. The first-order valence-electron chi connectivity index (χ1n) is 20.6. The van der Waals surface area contributed by atoms with E-state index in [1.54, 1.807) is 0 Å². The van der Waals surface area contributed by atoms with Gasteiger partial charge in [-0.25, -0.2) is 0 Å². The second-order valence-corrected chi connectivity index (χ2v) is 13.9. The topological polar surface area (TPSA) is 61.8 Å². The smallest absolute Gasteiger partial charge is 0.306 e. The van der Waals surface area contributed by atoms with Gasteiger partial charge in [0.2, 0.25) is 0 Å². The van der Waals surface area contributed by atoms with E-state index in [1.165, 1.54) is 161 Å². The zero-order chi connectivity index (χ0) is 33.6. The van der Waals surface area contributed by atoms with E-state index in [0.717, 1.165) is 32.1 Å². The molecular formula is C41H80O5. The Bertz CT molecular complexity index is 622. The van der Waals surface area contributed by atoms with E-state index in [-0.39, 0.29) is 18.5 Å². The van der Waals surface area contributed by atoms with Crippen LogP contribution in [-0.2, 0) is 23.8 Å². The first kappa shape index (κ1) is 44.9. The van der Waals surface area contributed by atoms with Gasteiger partial charge in [-0.05, 0) is 19.3 Å². The van der Waals surface area contributed by atoms with E-state index >= 15 is 0 Å². The lowest BCUT2D eigenvalue weighted by Crippen LogP contribution is -2.30.